The summed E-state index contributed by atoms with van der Waals surface area (Å²) in [5.41, 5.74) is 2.19. The van der Waals surface area contributed by atoms with Gasteiger partial charge in [-0.25, -0.2) is 13.4 Å². The summed E-state index contributed by atoms with van der Waals surface area (Å²) in [6.45, 7) is 10.6. The van der Waals surface area contributed by atoms with Gasteiger partial charge in [-0.05, 0) is 38.8 Å². The van der Waals surface area contributed by atoms with Crippen LogP contribution in [0.2, 0.25) is 0 Å². The first-order chi connectivity index (χ1) is 13.2. The minimum Gasteiger partial charge on any atom is -0.490 e. The lowest BCUT2D eigenvalue weighted by Crippen LogP contribution is -2.39. The number of benzene rings is 1. The van der Waals surface area contributed by atoms with E-state index >= 15 is 0 Å². The van der Waals surface area contributed by atoms with E-state index in [-0.39, 0.29) is 42.4 Å². The lowest BCUT2D eigenvalue weighted by atomic mass is 10.1. The lowest BCUT2D eigenvalue weighted by Gasteiger charge is -2.17. The van der Waals surface area contributed by atoms with E-state index in [0.29, 0.717) is 25.7 Å². The summed E-state index contributed by atoms with van der Waals surface area (Å²) in [4.78, 5) is 4.63. The molecule has 9 heteroatoms. The zero-order valence-electron chi connectivity index (χ0n) is 18.2. The highest BCUT2D eigenvalue weighted by Gasteiger charge is 2.08. The van der Waals surface area contributed by atoms with Crippen molar-refractivity contribution < 1.29 is 17.9 Å². The van der Waals surface area contributed by atoms with Crippen molar-refractivity contribution in [2.24, 2.45) is 4.99 Å². The SMILES string of the molecule is CCNC(=NCc1ccc(C)cc1OC(C)CC)NCCOCCS(C)(=O)=O.I. The van der Waals surface area contributed by atoms with E-state index in [1.165, 1.54) is 6.26 Å². The highest BCUT2D eigenvalue weighted by Crippen LogP contribution is 2.23. The molecular formula is C20H36IN3O4S. The van der Waals surface area contributed by atoms with Gasteiger partial charge in [0.05, 0.1) is 31.6 Å². The second-order valence-corrected chi connectivity index (χ2v) is 9.07. The molecule has 0 bridgehead atoms. The van der Waals surface area contributed by atoms with Gasteiger partial charge in [-0.15, -0.1) is 24.0 Å². The van der Waals surface area contributed by atoms with Gasteiger partial charge in [0.25, 0.3) is 0 Å². The summed E-state index contributed by atoms with van der Waals surface area (Å²) < 4.78 is 33.5. The molecule has 0 radical (unpaired) electrons. The summed E-state index contributed by atoms with van der Waals surface area (Å²) in [5, 5.41) is 6.39. The van der Waals surface area contributed by atoms with Crippen molar-refractivity contribution in [1.82, 2.24) is 10.6 Å². The van der Waals surface area contributed by atoms with Gasteiger partial charge in [-0.1, -0.05) is 19.1 Å². The van der Waals surface area contributed by atoms with Crippen LogP contribution < -0.4 is 15.4 Å². The molecule has 0 aromatic heterocycles. The van der Waals surface area contributed by atoms with E-state index < -0.39 is 9.84 Å². The van der Waals surface area contributed by atoms with Crippen LogP contribution in [0.3, 0.4) is 0 Å². The van der Waals surface area contributed by atoms with Gasteiger partial charge >= 0.3 is 0 Å². The Morgan fingerprint density at radius 2 is 1.93 bits per heavy atom. The smallest absolute Gasteiger partial charge is 0.191 e. The normalized spacial score (nSPS) is 12.8. The van der Waals surface area contributed by atoms with E-state index in [2.05, 4.69) is 41.6 Å². The van der Waals surface area contributed by atoms with Crippen LogP contribution >= 0.6 is 24.0 Å². The van der Waals surface area contributed by atoms with Crippen LogP contribution in [-0.4, -0.2) is 58.8 Å². The number of nitrogens with one attached hydrogen (secondary N) is 2. The van der Waals surface area contributed by atoms with Crippen molar-refractivity contribution in [1.29, 1.82) is 0 Å². The third-order valence-electron chi connectivity index (χ3n) is 4.01. The van der Waals surface area contributed by atoms with E-state index in [1.54, 1.807) is 0 Å². The molecule has 0 saturated carbocycles. The van der Waals surface area contributed by atoms with Crippen LogP contribution in [-0.2, 0) is 21.1 Å². The van der Waals surface area contributed by atoms with Crippen molar-refractivity contribution >= 4 is 39.8 Å². The molecule has 29 heavy (non-hydrogen) atoms. The zero-order chi connectivity index (χ0) is 21.0. The predicted octanol–water partition coefficient (Wildman–Crippen LogP) is 2.91. The molecule has 2 N–H and O–H groups in total. The standard InChI is InChI=1S/C20H35N3O4S.HI/c1-6-17(4)27-19-14-16(3)8-9-18(19)15-23-20(21-7-2)22-10-11-26-12-13-28(5,24)25;/h8-9,14,17H,6-7,10-13,15H2,1-5H3,(H2,21,22,23);1H. The molecule has 0 spiro atoms. The fourth-order valence-electron chi connectivity index (χ4n) is 2.26. The third kappa shape index (κ3) is 13.0. The first kappa shape index (κ1) is 27.9. The Bertz CT molecular complexity index is 726. The summed E-state index contributed by atoms with van der Waals surface area (Å²) in [7, 11) is -2.99. The Kier molecular flexibility index (Phi) is 14.3. The molecule has 0 saturated heterocycles. The molecule has 0 heterocycles. The quantitative estimate of drug-likeness (QED) is 0.183. The Balaban J connectivity index is 0.00000784. The summed E-state index contributed by atoms with van der Waals surface area (Å²) in [6, 6.07) is 6.16. The van der Waals surface area contributed by atoms with Crippen LogP contribution in [0, 0.1) is 6.92 Å². The number of sulfone groups is 1. The molecule has 0 aliphatic heterocycles. The van der Waals surface area contributed by atoms with Crippen molar-refractivity contribution in [2.75, 3.05) is 38.3 Å². The van der Waals surface area contributed by atoms with Crippen LogP contribution in [0.1, 0.15) is 38.3 Å². The number of aryl methyl sites for hydroxylation is 1. The highest BCUT2D eigenvalue weighted by atomic mass is 127. The summed E-state index contributed by atoms with van der Waals surface area (Å²) in [6.07, 6.45) is 2.30. The number of halogens is 1. The molecule has 1 aromatic rings. The fraction of sp³-hybridized carbons (Fsp3) is 0.650. The first-order valence-corrected chi connectivity index (χ1v) is 11.8. The van der Waals surface area contributed by atoms with Crippen molar-refractivity contribution in [3.05, 3.63) is 29.3 Å². The number of rotatable bonds is 12. The number of nitrogens with zero attached hydrogens (tertiary/aromatic N) is 1. The Labute approximate surface area is 193 Å². The number of hydrogen-bond donors (Lipinski definition) is 2. The van der Waals surface area contributed by atoms with Gasteiger partial charge in [0.1, 0.15) is 15.6 Å². The van der Waals surface area contributed by atoms with Crippen LogP contribution in [0.25, 0.3) is 0 Å². The molecule has 0 aliphatic carbocycles. The summed E-state index contributed by atoms with van der Waals surface area (Å²) in [5.74, 6) is 1.59. The molecular weight excluding hydrogens is 505 g/mol. The minimum absolute atomic E-state index is 0. The molecule has 1 unspecified atom stereocenters. The van der Waals surface area contributed by atoms with Crippen LogP contribution in [0.5, 0.6) is 5.75 Å². The second kappa shape index (κ2) is 14.8. The van der Waals surface area contributed by atoms with E-state index in [9.17, 15) is 8.42 Å². The largest absolute Gasteiger partial charge is 0.490 e. The Morgan fingerprint density at radius 3 is 2.55 bits per heavy atom. The molecule has 1 aromatic carbocycles. The number of aliphatic imine (C=N–C) groups is 1. The van der Waals surface area contributed by atoms with Crippen molar-refractivity contribution in [3.63, 3.8) is 0 Å². The topological polar surface area (TPSA) is 89.0 Å². The van der Waals surface area contributed by atoms with E-state index in [4.69, 9.17) is 9.47 Å². The molecule has 168 valence electrons. The van der Waals surface area contributed by atoms with E-state index in [0.717, 1.165) is 29.8 Å². The van der Waals surface area contributed by atoms with Gasteiger partial charge in [0.15, 0.2) is 5.96 Å². The fourth-order valence-corrected chi connectivity index (χ4v) is 2.68. The third-order valence-corrected chi connectivity index (χ3v) is 4.92. The number of hydrogen-bond acceptors (Lipinski definition) is 5. The van der Waals surface area contributed by atoms with Gasteiger partial charge in [0, 0.05) is 24.9 Å². The molecule has 0 aliphatic rings. The average Bonchev–Trinajstić information content (AvgIpc) is 2.62. The second-order valence-electron chi connectivity index (χ2n) is 6.81. The van der Waals surface area contributed by atoms with Crippen molar-refractivity contribution in [2.45, 2.75) is 46.8 Å². The van der Waals surface area contributed by atoms with Crippen LogP contribution in [0.15, 0.2) is 23.2 Å². The van der Waals surface area contributed by atoms with Gasteiger partial charge in [-0.3, -0.25) is 0 Å². The zero-order valence-corrected chi connectivity index (χ0v) is 21.3. The van der Waals surface area contributed by atoms with Gasteiger partial charge in [0.2, 0.25) is 0 Å². The maximum absolute atomic E-state index is 11.1. The molecule has 7 nitrogen and oxygen atoms in total. The molecule has 0 amide bonds. The Hall–Kier alpha value is -1.07. The molecule has 1 rings (SSSR count). The van der Waals surface area contributed by atoms with Gasteiger partial charge < -0.3 is 20.1 Å². The predicted molar refractivity (Wildman–Crippen MR) is 130 cm³/mol. The molecule has 1 atom stereocenters. The first-order valence-electron chi connectivity index (χ1n) is 9.79. The van der Waals surface area contributed by atoms with Crippen molar-refractivity contribution in [3.8, 4) is 5.75 Å². The van der Waals surface area contributed by atoms with E-state index in [1.807, 2.05) is 19.9 Å². The average molecular weight is 541 g/mol. The summed E-state index contributed by atoms with van der Waals surface area (Å²) >= 11 is 0. The molecule has 0 fully saturated rings. The minimum atomic E-state index is -2.99. The number of ether oxygens (including phenoxy) is 2. The Morgan fingerprint density at radius 1 is 1.21 bits per heavy atom. The monoisotopic (exact) mass is 541 g/mol. The van der Waals surface area contributed by atoms with Gasteiger partial charge in [-0.2, -0.15) is 0 Å². The maximum Gasteiger partial charge on any atom is 0.191 e. The number of guanidine groups is 1. The highest BCUT2D eigenvalue weighted by molar-refractivity contribution is 14.0. The van der Waals surface area contributed by atoms with Crippen LogP contribution in [0.4, 0.5) is 0 Å². The lowest BCUT2D eigenvalue weighted by molar-refractivity contribution is 0.154. The maximum atomic E-state index is 11.1.